The zero-order valence-electron chi connectivity index (χ0n) is 16.2. The Morgan fingerprint density at radius 2 is 1.87 bits per heavy atom. The second-order valence-electron chi connectivity index (χ2n) is 6.72. The van der Waals surface area contributed by atoms with E-state index in [1.165, 1.54) is 27.3 Å². The number of aryl methyl sites for hydroxylation is 1. The van der Waals surface area contributed by atoms with Gasteiger partial charge in [0.05, 0.1) is 5.69 Å². The number of nitrogens with zero attached hydrogens (tertiary/aromatic N) is 2. The number of esters is 1. The van der Waals surface area contributed by atoms with Crippen LogP contribution in [0.3, 0.4) is 0 Å². The van der Waals surface area contributed by atoms with Crippen molar-refractivity contribution in [2.45, 2.75) is 18.4 Å². The average Bonchev–Trinajstić information content (AvgIpc) is 3.43. The first-order valence-electron chi connectivity index (χ1n) is 9.29. The van der Waals surface area contributed by atoms with Crippen LogP contribution in [0.5, 0.6) is 0 Å². The van der Waals surface area contributed by atoms with Crippen molar-refractivity contribution in [3.63, 3.8) is 0 Å². The molecule has 0 atom stereocenters. The second kappa shape index (κ2) is 9.19. The number of hydrogen-bond donors (Lipinski definition) is 0. The number of thiophene rings is 1. The maximum atomic E-state index is 12.9. The minimum absolute atomic E-state index is 0.00105. The lowest BCUT2D eigenvalue weighted by molar-refractivity contribution is 0.0470. The zero-order valence-corrected chi connectivity index (χ0v) is 19.5. The lowest BCUT2D eigenvalue weighted by Crippen LogP contribution is -2.38. The van der Waals surface area contributed by atoms with Crippen molar-refractivity contribution in [1.82, 2.24) is 9.29 Å². The molecule has 10 heteroatoms. The molecule has 3 aromatic rings. The Labute approximate surface area is 188 Å². The van der Waals surface area contributed by atoms with Crippen molar-refractivity contribution in [3.8, 4) is 10.6 Å². The first-order valence-corrected chi connectivity index (χ1v) is 13.6. The van der Waals surface area contributed by atoms with Crippen molar-refractivity contribution in [2.75, 3.05) is 24.6 Å². The fourth-order valence-corrected chi connectivity index (χ4v) is 7.65. The van der Waals surface area contributed by atoms with Crippen LogP contribution in [-0.4, -0.2) is 48.3 Å². The van der Waals surface area contributed by atoms with Crippen LogP contribution in [-0.2, 0) is 21.4 Å². The van der Waals surface area contributed by atoms with Crippen molar-refractivity contribution in [3.05, 3.63) is 57.2 Å². The van der Waals surface area contributed by atoms with Crippen LogP contribution in [0.25, 0.3) is 10.6 Å². The quantitative estimate of drug-likeness (QED) is 0.490. The third kappa shape index (κ3) is 4.62. The number of thioether (sulfide) groups is 1. The molecule has 0 amide bonds. The number of hydrogen-bond acceptors (Lipinski definition) is 8. The topological polar surface area (TPSA) is 76.6 Å². The van der Waals surface area contributed by atoms with Crippen LogP contribution in [0.1, 0.15) is 20.9 Å². The van der Waals surface area contributed by atoms with Gasteiger partial charge in [-0.1, -0.05) is 29.8 Å². The van der Waals surface area contributed by atoms with Gasteiger partial charge >= 0.3 is 5.97 Å². The summed E-state index contributed by atoms with van der Waals surface area (Å²) >= 11 is 4.29. The van der Waals surface area contributed by atoms with Crippen molar-refractivity contribution < 1.29 is 17.9 Å². The Morgan fingerprint density at radius 3 is 2.60 bits per heavy atom. The smallest absolute Gasteiger partial charge is 0.350 e. The Morgan fingerprint density at radius 1 is 1.13 bits per heavy atom. The van der Waals surface area contributed by atoms with E-state index in [1.54, 1.807) is 17.1 Å². The van der Waals surface area contributed by atoms with Gasteiger partial charge in [0.1, 0.15) is 21.4 Å². The summed E-state index contributed by atoms with van der Waals surface area (Å²) in [5.41, 5.74) is 2.82. The van der Waals surface area contributed by atoms with E-state index in [0.717, 1.165) is 33.4 Å². The standard InChI is InChI=1S/C20H20N2O4S4/c1-14-2-4-15(5-3-14)19-21-16(13-29-19)12-26-20(23)18-17(6-9-28-18)30(24,25)22-7-10-27-11-8-22/h2-6,9,13H,7-8,10-12H2,1H3. The molecule has 0 saturated carbocycles. The van der Waals surface area contributed by atoms with Crippen LogP contribution in [0.15, 0.2) is 46.0 Å². The largest absolute Gasteiger partial charge is 0.455 e. The number of sulfonamides is 1. The monoisotopic (exact) mass is 480 g/mol. The second-order valence-corrected chi connectivity index (χ2v) is 11.6. The lowest BCUT2D eigenvalue weighted by atomic mass is 10.2. The molecule has 4 rings (SSSR count). The summed E-state index contributed by atoms with van der Waals surface area (Å²) in [6.07, 6.45) is 0. The number of aromatic nitrogens is 1. The van der Waals surface area contributed by atoms with Gasteiger partial charge in [0.25, 0.3) is 0 Å². The number of carbonyl (C=O) groups excluding carboxylic acids is 1. The Balaban J connectivity index is 1.44. The van der Waals surface area contributed by atoms with Gasteiger partial charge in [-0.3, -0.25) is 0 Å². The highest BCUT2D eigenvalue weighted by molar-refractivity contribution is 7.99. The first kappa shape index (κ1) is 21.5. The number of rotatable bonds is 6. The molecule has 1 aliphatic heterocycles. The highest BCUT2D eigenvalue weighted by Gasteiger charge is 2.31. The van der Waals surface area contributed by atoms with Gasteiger partial charge in [0, 0.05) is 35.5 Å². The summed E-state index contributed by atoms with van der Waals surface area (Å²) in [6, 6.07) is 9.54. The number of carbonyl (C=O) groups is 1. The minimum atomic E-state index is -3.70. The van der Waals surface area contributed by atoms with Crippen molar-refractivity contribution in [2.24, 2.45) is 0 Å². The van der Waals surface area contributed by atoms with Crippen molar-refractivity contribution in [1.29, 1.82) is 0 Å². The van der Waals surface area contributed by atoms with Crippen LogP contribution in [0.4, 0.5) is 0 Å². The molecule has 1 aromatic carbocycles. The molecule has 6 nitrogen and oxygen atoms in total. The normalized spacial score (nSPS) is 15.2. The van der Waals surface area contributed by atoms with E-state index in [4.69, 9.17) is 4.74 Å². The van der Waals surface area contributed by atoms with Gasteiger partial charge in [-0.2, -0.15) is 16.1 Å². The summed E-state index contributed by atoms with van der Waals surface area (Å²) in [5.74, 6) is 0.881. The first-order chi connectivity index (χ1) is 14.4. The Hall–Kier alpha value is -1.72. The Kier molecular flexibility index (Phi) is 6.59. The maximum Gasteiger partial charge on any atom is 0.350 e. The highest BCUT2D eigenvalue weighted by Crippen LogP contribution is 2.29. The van der Waals surface area contributed by atoms with Crippen LogP contribution < -0.4 is 0 Å². The molecule has 3 heterocycles. The van der Waals surface area contributed by atoms with E-state index in [9.17, 15) is 13.2 Å². The van der Waals surface area contributed by atoms with Gasteiger partial charge in [-0.05, 0) is 18.4 Å². The molecule has 1 aliphatic rings. The van der Waals surface area contributed by atoms with E-state index in [-0.39, 0.29) is 16.4 Å². The third-order valence-corrected chi connectivity index (χ3v) is 9.45. The third-order valence-electron chi connectivity index (χ3n) is 4.60. The van der Waals surface area contributed by atoms with Gasteiger partial charge in [0.15, 0.2) is 0 Å². The Bertz CT molecular complexity index is 1130. The predicted molar refractivity (Wildman–Crippen MR) is 122 cm³/mol. The van der Waals surface area contributed by atoms with Gasteiger partial charge in [-0.15, -0.1) is 22.7 Å². The van der Waals surface area contributed by atoms with Crippen molar-refractivity contribution >= 4 is 50.4 Å². The van der Waals surface area contributed by atoms with Crippen LogP contribution >= 0.6 is 34.4 Å². The zero-order chi connectivity index (χ0) is 21.1. The van der Waals surface area contributed by atoms with Gasteiger partial charge in [-0.25, -0.2) is 18.2 Å². The molecule has 0 aliphatic carbocycles. The molecule has 1 fully saturated rings. The molecule has 0 N–H and O–H groups in total. The fraction of sp³-hybridized carbons (Fsp3) is 0.300. The molecule has 158 valence electrons. The summed E-state index contributed by atoms with van der Waals surface area (Å²) in [7, 11) is -3.70. The molecule has 30 heavy (non-hydrogen) atoms. The number of thiazole rings is 1. The average molecular weight is 481 g/mol. The van der Waals surface area contributed by atoms with E-state index in [1.807, 2.05) is 36.6 Å². The molecule has 0 spiro atoms. The molecule has 0 radical (unpaired) electrons. The fourth-order valence-electron chi connectivity index (χ4n) is 2.98. The summed E-state index contributed by atoms with van der Waals surface area (Å²) in [6.45, 7) is 2.94. The summed E-state index contributed by atoms with van der Waals surface area (Å²) in [4.78, 5) is 17.3. The minimum Gasteiger partial charge on any atom is -0.455 e. The van der Waals surface area contributed by atoms with Gasteiger partial charge < -0.3 is 4.74 Å². The molecule has 0 bridgehead atoms. The lowest BCUT2D eigenvalue weighted by Gasteiger charge is -2.25. The van der Waals surface area contributed by atoms with Crippen LogP contribution in [0.2, 0.25) is 0 Å². The molecular weight excluding hydrogens is 460 g/mol. The van der Waals surface area contributed by atoms with Gasteiger partial charge in [0.2, 0.25) is 10.0 Å². The predicted octanol–water partition coefficient (Wildman–Crippen LogP) is 4.27. The van der Waals surface area contributed by atoms with Crippen LogP contribution in [0, 0.1) is 6.92 Å². The van der Waals surface area contributed by atoms with E-state index in [2.05, 4.69) is 4.98 Å². The SMILES string of the molecule is Cc1ccc(-c2nc(COC(=O)c3sccc3S(=O)(=O)N3CCSCC3)cs2)cc1. The van der Waals surface area contributed by atoms with E-state index in [0.29, 0.717) is 18.8 Å². The molecular formula is C20H20N2O4S4. The molecule has 1 saturated heterocycles. The van der Waals surface area contributed by atoms with E-state index < -0.39 is 16.0 Å². The summed E-state index contributed by atoms with van der Waals surface area (Å²) in [5, 5.41) is 4.31. The highest BCUT2D eigenvalue weighted by atomic mass is 32.2. The number of benzene rings is 1. The molecule has 0 unspecified atom stereocenters. The summed E-state index contributed by atoms with van der Waals surface area (Å²) < 4.78 is 32.7. The number of ether oxygens (including phenoxy) is 1. The molecule has 2 aromatic heterocycles. The maximum absolute atomic E-state index is 12.9. The van der Waals surface area contributed by atoms with E-state index >= 15 is 0 Å².